The molecule has 0 N–H and O–H groups in total. The van der Waals surface area contributed by atoms with Crippen LogP contribution >= 0.6 is 0 Å². The van der Waals surface area contributed by atoms with Crippen molar-refractivity contribution in [3.8, 4) is 22.3 Å². The number of unbranched alkanes of at least 4 members (excludes halogenated alkanes) is 3. The van der Waals surface area contributed by atoms with E-state index < -0.39 is 38.8 Å². The molecule has 4 aromatic carbocycles. The number of rotatable bonds is 11. The summed E-state index contributed by atoms with van der Waals surface area (Å²) in [4.78, 5) is 0. The van der Waals surface area contributed by atoms with Crippen LogP contribution in [0.15, 0.2) is 97.1 Å². The zero-order chi connectivity index (χ0) is 35.2. The van der Waals surface area contributed by atoms with E-state index in [1.807, 2.05) is 0 Å². The van der Waals surface area contributed by atoms with E-state index in [0.29, 0.717) is 7.35 Å². The molecule has 0 spiro atoms. The van der Waals surface area contributed by atoms with Gasteiger partial charge in [-0.3, -0.25) is 0 Å². The summed E-state index contributed by atoms with van der Waals surface area (Å²) < 4.78 is 6.95. The van der Waals surface area contributed by atoms with Crippen molar-refractivity contribution >= 4 is 44.2 Å². The van der Waals surface area contributed by atoms with E-state index in [4.69, 9.17) is 0 Å². The third kappa shape index (κ3) is 6.81. The zero-order valence-electron chi connectivity index (χ0n) is 32.1. The van der Waals surface area contributed by atoms with Crippen LogP contribution in [-0.2, 0) is 17.1 Å². The summed E-state index contributed by atoms with van der Waals surface area (Å²) >= 11 is -3.86. The molecule has 0 aliphatic heterocycles. The van der Waals surface area contributed by atoms with Gasteiger partial charge in [-0.1, -0.05) is 0 Å². The SMILES string of the molecule is CCCCCC[Si](C)=[Hf]([CH3])([CH3])([CH]1C=Cc2c(-c3ccc([Si](C)(C)C)cc3)cccc21)[CH]1C=Cc2c(-c3ccc([Si](C)(C)C)cc3)cccc21. The van der Waals surface area contributed by atoms with E-state index in [2.05, 4.69) is 171 Å². The monoisotopic (exact) mass is 864 g/mol. The van der Waals surface area contributed by atoms with Crippen LogP contribution in [0.5, 0.6) is 0 Å². The molecule has 0 bridgehead atoms. The summed E-state index contributed by atoms with van der Waals surface area (Å²) in [5.41, 5.74) is 11.1. The number of allylic oxidation sites excluding steroid dienone is 2. The molecular formula is C45H60HfSi3. The van der Waals surface area contributed by atoms with Gasteiger partial charge in [0.2, 0.25) is 0 Å². The summed E-state index contributed by atoms with van der Waals surface area (Å²) in [7, 11) is -2.68. The van der Waals surface area contributed by atoms with Gasteiger partial charge >= 0.3 is 304 Å². The predicted molar refractivity (Wildman–Crippen MR) is 226 cm³/mol. The second-order valence-corrected chi connectivity index (χ2v) is 75.7. The van der Waals surface area contributed by atoms with Gasteiger partial charge in [0.25, 0.3) is 0 Å². The van der Waals surface area contributed by atoms with E-state index in [9.17, 15) is 0 Å². The van der Waals surface area contributed by atoms with E-state index >= 15 is 0 Å². The minimum atomic E-state index is -3.86. The number of fused-ring (bicyclic) bond motifs is 2. The van der Waals surface area contributed by atoms with E-state index in [1.54, 1.807) is 11.1 Å². The van der Waals surface area contributed by atoms with Crippen molar-refractivity contribution in [1.82, 2.24) is 0 Å². The Morgan fingerprint density at radius 1 is 0.571 bits per heavy atom. The van der Waals surface area contributed by atoms with Crippen LogP contribution in [0.4, 0.5) is 0 Å². The topological polar surface area (TPSA) is 0 Å². The quantitative estimate of drug-likeness (QED) is 0.104. The second kappa shape index (κ2) is 13.8. The van der Waals surface area contributed by atoms with Gasteiger partial charge in [0.1, 0.15) is 0 Å². The fourth-order valence-corrected chi connectivity index (χ4v) is 54.9. The Bertz CT molecular complexity index is 1840. The molecule has 2 unspecified atom stereocenters. The van der Waals surface area contributed by atoms with Crippen molar-refractivity contribution in [2.45, 2.75) is 101 Å². The Kier molecular flexibility index (Phi) is 10.3. The standard InChI is InChI=1S/2C18H19Si.C7H16Si.2CH3.Hf/c2*1-19(2,3)16-12-10-15(11-13-16)18-9-5-7-14-6-4-8-17(14)18;1-3-4-5-6-7-8-2;;;/h2*4-13H,1-3H3;3-7H2,1-2H3;2*1H3;. The van der Waals surface area contributed by atoms with Crippen LogP contribution in [-0.4, -0.2) is 21.6 Å². The molecule has 0 fully saturated rings. The van der Waals surface area contributed by atoms with Gasteiger partial charge in [-0.2, -0.15) is 0 Å². The average molecular weight is 864 g/mol. The zero-order valence-corrected chi connectivity index (χ0v) is 38.7. The Morgan fingerprint density at radius 2 is 1.00 bits per heavy atom. The van der Waals surface area contributed by atoms with Crippen LogP contribution in [0.1, 0.15) is 62.2 Å². The first-order valence-electron chi connectivity index (χ1n) is 19.0. The molecule has 49 heavy (non-hydrogen) atoms. The molecule has 0 aromatic heterocycles. The fraction of sp³-hybridized carbons (Fsp3) is 0.378. The van der Waals surface area contributed by atoms with Gasteiger partial charge in [-0.05, 0) is 0 Å². The summed E-state index contributed by atoms with van der Waals surface area (Å²) in [5.74, 6) is 0. The minimum absolute atomic E-state index is 0.568. The Hall–Kier alpha value is -2.12. The molecule has 0 nitrogen and oxygen atoms in total. The van der Waals surface area contributed by atoms with Crippen LogP contribution in [0.3, 0.4) is 0 Å². The van der Waals surface area contributed by atoms with Crippen LogP contribution in [0.2, 0.25) is 61.2 Å². The van der Waals surface area contributed by atoms with Crippen LogP contribution in [0, 0.1) is 0 Å². The fourth-order valence-electron chi connectivity index (χ4n) is 8.96. The molecule has 4 heteroatoms. The molecule has 2 aliphatic rings. The third-order valence-electron chi connectivity index (χ3n) is 12.7. The van der Waals surface area contributed by atoms with E-state index in [-0.39, 0.29) is 0 Å². The molecule has 0 saturated heterocycles. The predicted octanol–water partition coefficient (Wildman–Crippen LogP) is 12.9. The van der Waals surface area contributed by atoms with Crippen molar-refractivity contribution in [3.05, 3.63) is 119 Å². The number of hydrogen-bond acceptors (Lipinski definition) is 0. The molecule has 6 rings (SSSR count). The van der Waals surface area contributed by atoms with Crippen molar-refractivity contribution in [2.75, 3.05) is 0 Å². The molecule has 0 heterocycles. The molecule has 0 radical (unpaired) electrons. The van der Waals surface area contributed by atoms with Crippen molar-refractivity contribution in [1.29, 1.82) is 0 Å². The molecule has 2 aliphatic carbocycles. The molecule has 256 valence electrons. The first-order valence-corrected chi connectivity index (χ1v) is 44.9. The third-order valence-corrected chi connectivity index (χ3v) is 74.8. The number of benzene rings is 4. The second-order valence-electron chi connectivity index (χ2n) is 18.1. The molecule has 4 aromatic rings. The summed E-state index contributed by atoms with van der Waals surface area (Å²) in [6, 6.07) is 35.1. The Balaban J connectivity index is 1.47. The summed E-state index contributed by atoms with van der Waals surface area (Å²) in [6.07, 6.45) is 15.9. The maximum atomic E-state index is 2.91. The molecule has 0 saturated carbocycles. The summed E-state index contributed by atoms with van der Waals surface area (Å²) in [5, 5.41) is 3.07. The van der Waals surface area contributed by atoms with E-state index in [1.165, 1.54) is 75.5 Å². The van der Waals surface area contributed by atoms with Gasteiger partial charge in [-0.25, -0.2) is 0 Å². The van der Waals surface area contributed by atoms with Crippen LogP contribution < -0.4 is 10.4 Å². The molecule has 2 atom stereocenters. The van der Waals surface area contributed by atoms with Crippen molar-refractivity contribution < 1.29 is 17.1 Å². The number of hydrogen-bond donors (Lipinski definition) is 0. The first-order chi connectivity index (χ1) is 23.1. The van der Waals surface area contributed by atoms with Gasteiger partial charge in [0.05, 0.1) is 0 Å². The van der Waals surface area contributed by atoms with Gasteiger partial charge < -0.3 is 0 Å². The summed E-state index contributed by atoms with van der Waals surface area (Å²) in [6.45, 7) is 19.8. The maximum absolute atomic E-state index is 3.86. The van der Waals surface area contributed by atoms with E-state index in [0.717, 1.165) is 0 Å². The van der Waals surface area contributed by atoms with Gasteiger partial charge in [0.15, 0.2) is 0 Å². The van der Waals surface area contributed by atoms with Gasteiger partial charge in [0, 0.05) is 0 Å². The first kappa shape index (κ1) is 36.7. The van der Waals surface area contributed by atoms with Crippen molar-refractivity contribution in [2.24, 2.45) is 0 Å². The van der Waals surface area contributed by atoms with Crippen LogP contribution in [0.25, 0.3) is 34.4 Å². The van der Waals surface area contributed by atoms with Crippen molar-refractivity contribution in [3.63, 3.8) is 0 Å². The average Bonchev–Trinajstić information content (AvgIpc) is 3.72. The Labute approximate surface area is 301 Å². The van der Waals surface area contributed by atoms with Gasteiger partial charge in [-0.15, -0.1) is 0 Å². The Morgan fingerprint density at radius 3 is 1.39 bits per heavy atom. The normalized spacial score (nSPS) is 17.4. The molecular weight excluding hydrogens is 803 g/mol. The molecule has 0 amide bonds.